The quantitative estimate of drug-likeness (QED) is 0.875. The molecule has 0 aliphatic heterocycles. The van der Waals surface area contributed by atoms with Crippen LogP contribution in [0.3, 0.4) is 0 Å². The predicted molar refractivity (Wildman–Crippen MR) is 68.1 cm³/mol. The van der Waals surface area contributed by atoms with E-state index in [4.69, 9.17) is 14.6 Å². The number of carbonyl (C=O) groups is 1. The largest absolute Gasteiger partial charge is 0.490 e. The Morgan fingerprint density at radius 1 is 1.35 bits per heavy atom. The normalized spacial score (nSPS) is 10.1. The molecule has 5 heteroatoms. The minimum Gasteiger partial charge on any atom is -0.490 e. The zero-order chi connectivity index (χ0) is 12.8. The van der Waals surface area contributed by atoms with Gasteiger partial charge >= 0.3 is 5.97 Å². The molecule has 0 aromatic heterocycles. The van der Waals surface area contributed by atoms with E-state index in [0.717, 1.165) is 6.42 Å². The number of carboxylic acids is 1. The summed E-state index contributed by atoms with van der Waals surface area (Å²) >= 11 is 3.25. The third-order valence-corrected chi connectivity index (χ3v) is 2.46. The lowest BCUT2D eigenvalue weighted by Gasteiger charge is -2.14. The molecule has 1 aromatic carbocycles. The van der Waals surface area contributed by atoms with E-state index >= 15 is 0 Å². The second kappa shape index (κ2) is 6.49. The Bertz CT molecular complexity index is 404. The fourth-order valence-electron chi connectivity index (χ4n) is 1.34. The molecule has 0 bridgehead atoms. The van der Waals surface area contributed by atoms with Crippen LogP contribution >= 0.6 is 15.9 Å². The van der Waals surface area contributed by atoms with Crippen LogP contribution in [0.15, 0.2) is 16.6 Å². The summed E-state index contributed by atoms with van der Waals surface area (Å²) in [5, 5.41) is 9.13. The first-order valence-corrected chi connectivity index (χ1v) is 6.21. The Morgan fingerprint density at radius 3 is 2.59 bits per heavy atom. The fraction of sp³-hybridized carbons (Fsp3) is 0.417. The number of benzene rings is 1. The molecule has 1 aromatic rings. The lowest BCUT2D eigenvalue weighted by molar-refractivity contribution is 0.0691. The monoisotopic (exact) mass is 302 g/mol. The van der Waals surface area contributed by atoms with Gasteiger partial charge in [0.25, 0.3) is 0 Å². The van der Waals surface area contributed by atoms with Gasteiger partial charge in [-0.25, -0.2) is 4.79 Å². The zero-order valence-corrected chi connectivity index (χ0v) is 11.4. The molecule has 0 spiro atoms. The summed E-state index contributed by atoms with van der Waals surface area (Å²) in [4.78, 5) is 11.1. The summed E-state index contributed by atoms with van der Waals surface area (Å²) in [7, 11) is 0. The molecular formula is C12H15BrO4. The first kappa shape index (κ1) is 13.8. The van der Waals surface area contributed by atoms with Gasteiger partial charge in [-0.1, -0.05) is 22.9 Å². The maximum atomic E-state index is 11.1. The van der Waals surface area contributed by atoms with Crippen LogP contribution < -0.4 is 9.47 Å². The van der Waals surface area contributed by atoms with E-state index in [-0.39, 0.29) is 5.56 Å². The highest BCUT2D eigenvalue weighted by molar-refractivity contribution is 9.10. The Labute approximate surface area is 109 Å². The molecule has 0 heterocycles. The molecule has 4 nitrogen and oxygen atoms in total. The van der Waals surface area contributed by atoms with Gasteiger partial charge in [-0.15, -0.1) is 0 Å². The molecule has 0 atom stereocenters. The third kappa shape index (κ3) is 3.63. The summed E-state index contributed by atoms with van der Waals surface area (Å²) in [5.74, 6) is -0.282. The molecule has 0 radical (unpaired) electrons. The summed E-state index contributed by atoms with van der Waals surface area (Å²) in [5.41, 5.74) is 0.108. The van der Waals surface area contributed by atoms with Crippen LogP contribution in [0.25, 0.3) is 0 Å². The standard InChI is InChI=1S/C12H15BrO4/c1-3-5-17-11-9(12(14)15)6-8(13)7-10(11)16-4-2/h6-7H,3-5H2,1-2H3,(H,14,15). The van der Waals surface area contributed by atoms with Crippen LogP contribution in [-0.4, -0.2) is 24.3 Å². The number of rotatable bonds is 6. The van der Waals surface area contributed by atoms with Crippen LogP contribution in [0, 0.1) is 0 Å². The summed E-state index contributed by atoms with van der Waals surface area (Å²) in [6.45, 7) is 4.71. The average molecular weight is 303 g/mol. The molecule has 0 amide bonds. The SMILES string of the molecule is CCCOc1c(OCC)cc(Br)cc1C(=O)O. The molecule has 0 aliphatic rings. The molecule has 94 valence electrons. The van der Waals surface area contributed by atoms with Crippen LogP contribution in [0.4, 0.5) is 0 Å². The topological polar surface area (TPSA) is 55.8 Å². The maximum Gasteiger partial charge on any atom is 0.339 e. The molecule has 17 heavy (non-hydrogen) atoms. The van der Waals surface area contributed by atoms with Gasteiger partial charge in [-0.2, -0.15) is 0 Å². The number of carboxylic acid groups (broad SMARTS) is 1. The molecule has 0 saturated carbocycles. The van der Waals surface area contributed by atoms with Crippen molar-refractivity contribution in [1.29, 1.82) is 0 Å². The molecule has 1 N–H and O–H groups in total. The second-order valence-corrected chi connectivity index (χ2v) is 4.28. The number of aromatic carboxylic acids is 1. The van der Waals surface area contributed by atoms with Gasteiger partial charge in [0.2, 0.25) is 0 Å². The Kier molecular flexibility index (Phi) is 5.28. The smallest absolute Gasteiger partial charge is 0.339 e. The lowest BCUT2D eigenvalue weighted by atomic mass is 10.2. The van der Waals surface area contributed by atoms with Crippen molar-refractivity contribution in [2.75, 3.05) is 13.2 Å². The minimum absolute atomic E-state index is 0.108. The van der Waals surface area contributed by atoms with E-state index in [2.05, 4.69) is 15.9 Å². The zero-order valence-electron chi connectivity index (χ0n) is 9.83. The molecule has 0 unspecified atom stereocenters. The van der Waals surface area contributed by atoms with E-state index < -0.39 is 5.97 Å². The van der Waals surface area contributed by atoms with Crippen molar-refractivity contribution in [3.05, 3.63) is 22.2 Å². The highest BCUT2D eigenvalue weighted by Gasteiger charge is 2.18. The van der Waals surface area contributed by atoms with Crippen LogP contribution in [0.2, 0.25) is 0 Å². The third-order valence-electron chi connectivity index (χ3n) is 2.00. The van der Waals surface area contributed by atoms with Gasteiger partial charge in [0.15, 0.2) is 11.5 Å². The first-order chi connectivity index (χ1) is 8.10. The van der Waals surface area contributed by atoms with Gasteiger partial charge in [0.05, 0.1) is 13.2 Å². The highest BCUT2D eigenvalue weighted by atomic mass is 79.9. The van der Waals surface area contributed by atoms with Crippen molar-refractivity contribution in [1.82, 2.24) is 0 Å². The molecule has 1 rings (SSSR count). The van der Waals surface area contributed by atoms with Gasteiger partial charge in [0.1, 0.15) is 5.56 Å². The number of hydrogen-bond acceptors (Lipinski definition) is 3. The molecule has 0 aliphatic carbocycles. The van der Waals surface area contributed by atoms with E-state index in [1.54, 1.807) is 6.07 Å². The Balaban J connectivity index is 3.20. The molecular weight excluding hydrogens is 288 g/mol. The summed E-state index contributed by atoms with van der Waals surface area (Å²) in [6.07, 6.45) is 0.806. The number of halogens is 1. The second-order valence-electron chi connectivity index (χ2n) is 3.37. The van der Waals surface area contributed by atoms with Crippen molar-refractivity contribution in [3.63, 3.8) is 0 Å². The van der Waals surface area contributed by atoms with Gasteiger partial charge in [-0.3, -0.25) is 0 Å². The van der Waals surface area contributed by atoms with Gasteiger partial charge in [0, 0.05) is 4.47 Å². The maximum absolute atomic E-state index is 11.1. The average Bonchev–Trinajstić information content (AvgIpc) is 2.27. The number of hydrogen-bond donors (Lipinski definition) is 1. The van der Waals surface area contributed by atoms with Crippen molar-refractivity contribution in [2.24, 2.45) is 0 Å². The van der Waals surface area contributed by atoms with E-state index in [1.807, 2.05) is 13.8 Å². The fourth-order valence-corrected chi connectivity index (χ4v) is 1.78. The van der Waals surface area contributed by atoms with Gasteiger partial charge in [-0.05, 0) is 25.5 Å². The first-order valence-electron chi connectivity index (χ1n) is 5.42. The van der Waals surface area contributed by atoms with E-state index in [0.29, 0.717) is 29.2 Å². The highest BCUT2D eigenvalue weighted by Crippen LogP contribution is 2.35. The Hall–Kier alpha value is -1.23. The summed E-state index contributed by atoms with van der Waals surface area (Å²) < 4.78 is 11.5. The van der Waals surface area contributed by atoms with Crippen molar-refractivity contribution in [3.8, 4) is 11.5 Å². The van der Waals surface area contributed by atoms with Crippen molar-refractivity contribution < 1.29 is 19.4 Å². The van der Waals surface area contributed by atoms with Crippen LogP contribution in [-0.2, 0) is 0 Å². The van der Waals surface area contributed by atoms with E-state index in [9.17, 15) is 4.79 Å². The minimum atomic E-state index is -1.03. The van der Waals surface area contributed by atoms with Crippen LogP contribution in [0.5, 0.6) is 11.5 Å². The number of ether oxygens (including phenoxy) is 2. The molecule has 0 fully saturated rings. The van der Waals surface area contributed by atoms with E-state index in [1.165, 1.54) is 6.07 Å². The lowest BCUT2D eigenvalue weighted by Crippen LogP contribution is -2.07. The van der Waals surface area contributed by atoms with Crippen LogP contribution in [0.1, 0.15) is 30.6 Å². The Morgan fingerprint density at radius 2 is 2.06 bits per heavy atom. The van der Waals surface area contributed by atoms with Crippen molar-refractivity contribution in [2.45, 2.75) is 20.3 Å². The predicted octanol–water partition coefficient (Wildman–Crippen LogP) is 3.33. The van der Waals surface area contributed by atoms with Crippen molar-refractivity contribution >= 4 is 21.9 Å². The van der Waals surface area contributed by atoms with Gasteiger partial charge < -0.3 is 14.6 Å². The molecule has 0 saturated heterocycles. The summed E-state index contributed by atoms with van der Waals surface area (Å²) in [6, 6.07) is 3.22.